The van der Waals surface area contributed by atoms with Crippen molar-refractivity contribution in [3.05, 3.63) is 35.4 Å². The van der Waals surface area contributed by atoms with Crippen molar-refractivity contribution in [2.24, 2.45) is 5.92 Å². The number of hydrogen-bond donors (Lipinski definition) is 0. The van der Waals surface area contributed by atoms with Gasteiger partial charge < -0.3 is 0 Å². The van der Waals surface area contributed by atoms with Crippen LogP contribution in [0.15, 0.2) is 24.3 Å². The molecular weight excluding hydrogens is 328 g/mol. The van der Waals surface area contributed by atoms with Gasteiger partial charge in [0, 0.05) is 0 Å². The lowest BCUT2D eigenvalue weighted by Gasteiger charge is -2.43. The molecule has 0 nitrogen and oxygen atoms in total. The van der Waals surface area contributed by atoms with Gasteiger partial charge in [-0.15, -0.1) is 0 Å². The molecule has 1 aromatic carbocycles. The fourth-order valence-corrected chi connectivity index (χ4v) is 13.6. The highest BCUT2D eigenvalue weighted by Gasteiger charge is 2.51. The third-order valence-electron chi connectivity index (χ3n) is 7.72. The third kappa shape index (κ3) is 3.98. The van der Waals surface area contributed by atoms with Gasteiger partial charge in [0.2, 0.25) is 0 Å². The molecule has 2 aliphatic carbocycles. The van der Waals surface area contributed by atoms with Crippen molar-refractivity contribution in [3.8, 4) is 0 Å². The van der Waals surface area contributed by atoms with Gasteiger partial charge in [-0.2, -0.15) is 0 Å². The highest BCUT2D eigenvalue weighted by molar-refractivity contribution is 6.81. The van der Waals surface area contributed by atoms with Crippen LogP contribution in [0.2, 0.25) is 18.1 Å². The summed E-state index contributed by atoms with van der Waals surface area (Å²) in [6.07, 6.45) is 14.5. The maximum atomic E-state index is 2.56. The summed E-state index contributed by atoms with van der Waals surface area (Å²) in [5.74, 6) is 1.90. The monoisotopic (exact) mass is 370 g/mol. The lowest BCUT2D eigenvalue weighted by atomic mass is 9.79. The fourth-order valence-electron chi connectivity index (χ4n) is 6.52. The quantitative estimate of drug-likeness (QED) is 0.362. The van der Waals surface area contributed by atoms with Crippen LogP contribution in [0.5, 0.6) is 0 Å². The molecule has 0 radical (unpaired) electrons. The van der Waals surface area contributed by atoms with Crippen molar-refractivity contribution in [3.63, 3.8) is 0 Å². The van der Waals surface area contributed by atoms with E-state index in [-0.39, 0.29) is 0 Å². The molecule has 146 valence electrons. The second-order valence-corrected chi connectivity index (χ2v) is 14.2. The molecule has 3 unspecified atom stereocenters. The Bertz CT molecular complexity index is 527. The standard InChI is InChI=1S/C25H42Si/c1-4-7-18-26(19-8-5-2,20-9-6-3)25-23-16-12-10-14-21(23)22-15-11-13-17-24(22)25/h10,12,14,16,22,24-25H,4-9,11,13,15,17-20H2,1-3H3. The summed E-state index contributed by atoms with van der Waals surface area (Å²) in [6, 6.07) is 14.5. The number of benzene rings is 1. The minimum Gasteiger partial charge on any atom is -0.0654 e. The predicted octanol–water partition coefficient (Wildman–Crippen LogP) is 8.45. The van der Waals surface area contributed by atoms with Crippen LogP contribution in [0.1, 0.15) is 108 Å². The summed E-state index contributed by atoms with van der Waals surface area (Å²) in [4.78, 5) is 0. The smallest absolute Gasteiger partial charge is 0.0616 e. The first-order valence-corrected chi connectivity index (χ1v) is 14.6. The minimum absolute atomic E-state index is 0.904. The summed E-state index contributed by atoms with van der Waals surface area (Å²) in [5, 5.41) is 0. The van der Waals surface area contributed by atoms with E-state index in [1.54, 1.807) is 23.7 Å². The van der Waals surface area contributed by atoms with E-state index in [0.29, 0.717) is 0 Å². The number of hydrogen-bond acceptors (Lipinski definition) is 0. The van der Waals surface area contributed by atoms with Gasteiger partial charge in [-0.05, 0) is 41.3 Å². The first-order chi connectivity index (χ1) is 12.8. The number of fused-ring (bicyclic) bond motifs is 3. The zero-order valence-electron chi connectivity index (χ0n) is 17.7. The van der Waals surface area contributed by atoms with Gasteiger partial charge in [0.15, 0.2) is 0 Å². The van der Waals surface area contributed by atoms with E-state index < -0.39 is 8.07 Å². The van der Waals surface area contributed by atoms with Crippen LogP contribution in [-0.4, -0.2) is 8.07 Å². The van der Waals surface area contributed by atoms with E-state index in [1.807, 2.05) is 5.56 Å². The van der Waals surface area contributed by atoms with Crippen LogP contribution < -0.4 is 0 Å². The van der Waals surface area contributed by atoms with Crippen molar-refractivity contribution in [2.45, 2.75) is 115 Å². The molecule has 1 heteroatoms. The zero-order valence-corrected chi connectivity index (χ0v) is 18.7. The van der Waals surface area contributed by atoms with Crippen molar-refractivity contribution in [1.29, 1.82) is 0 Å². The van der Waals surface area contributed by atoms with E-state index in [0.717, 1.165) is 17.4 Å². The Kier molecular flexibility index (Phi) is 7.43. The van der Waals surface area contributed by atoms with Crippen molar-refractivity contribution in [2.75, 3.05) is 0 Å². The average molecular weight is 371 g/mol. The van der Waals surface area contributed by atoms with Crippen molar-refractivity contribution >= 4 is 8.07 Å². The molecule has 0 saturated heterocycles. The second kappa shape index (κ2) is 9.58. The summed E-state index contributed by atoms with van der Waals surface area (Å²) in [7, 11) is -1.28. The van der Waals surface area contributed by atoms with Gasteiger partial charge in [-0.3, -0.25) is 0 Å². The second-order valence-electron chi connectivity index (χ2n) is 9.33. The average Bonchev–Trinajstić information content (AvgIpc) is 3.03. The predicted molar refractivity (Wildman–Crippen MR) is 119 cm³/mol. The first kappa shape index (κ1) is 20.2. The van der Waals surface area contributed by atoms with Crippen LogP contribution in [0.25, 0.3) is 0 Å². The highest BCUT2D eigenvalue weighted by atomic mass is 28.3. The third-order valence-corrected chi connectivity index (χ3v) is 13.8. The molecule has 1 fully saturated rings. The normalized spacial score (nSPS) is 25.1. The topological polar surface area (TPSA) is 0 Å². The molecule has 1 saturated carbocycles. The Hall–Kier alpha value is -0.563. The Morgan fingerprint density at radius 3 is 1.88 bits per heavy atom. The molecule has 1 aromatic rings. The van der Waals surface area contributed by atoms with E-state index in [2.05, 4.69) is 45.0 Å². The fraction of sp³-hybridized carbons (Fsp3) is 0.760. The molecule has 0 amide bonds. The summed E-state index contributed by atoms with van der Waals surface area (Å²) in [5.41, 5.74) is 4.59. The van der Waals surface area contributed by atoms with Crippen LogP contribution in [-0.2, 0) is 0 Å². The van der Waals surface area contributed by atoms with Crippen LogP contribution in [0.4, 0.5) is 0 Å². The van der Waals surface area contributed by atoms with Gasteiger partial charge >= 0.3 is 0 Å². The van der Waals surface area contributed by atoms with Crippen molar-refractivity contribution < 1.29 is 0 Å². The Morgan fingerprint density at radius 1 is 0.769 bits per heavy atom. The lowest BCUT2D eigenvalue weighted by Crippen LogP contribution is -2.44. The van der Waals surface area contributed by atoms with Gasteiger partial charge in [-0.25, -0.2) is 0 Å². The summed E-state index contributed by atoms with van der Waals surface area (Å²) in [6.45, 7) is 7.22. The molecule has 26 heavy (non-hydrogen) atoms. The molecule has 2 aliphatic rings. The molecule has 0 bridgehead atoms. The van der Waals surface area contributed by atoms with Crippen molar-refractivity contribution in [1.82, 2.24) is 0 Å². The Balaban J connectivity index is 2.01. The van der Waals surface area contributed by atoms with Crippen LogP contribution >= 0.6 is 0 Å². The van der Waals surface area contributed by atoms with E-state index in [4.69, 9.17) is 0 Å². The van der Waals surface area contributed by atoms with Crippen LogP contribution in [0.3, 0.4) is 0 Å². The lowest BCUT2D eigenvalue weighted by molar-refractivity contribution is 0.317. The molecule has 0 aromatic heterocycles. The number of rotatable bonds is 10. The van der Waals surface area contributed by atoms with Gasteiger partial charge in [0.25, 0.3) is 0 Å². The zero-order chi connectivity index (χ0) is 18.4. The molecule has 0 aliphatic heterocycles. The Morgan fingerprint density at radius 2 is 1.31 bits per heavy atom. The number of unbranched alkanes of at least 4 members (excludes halogenated alkanes) is 3. The molecule has 3 atom stereocenters. The minimum atomic E-state index is -1.28. The maximum Gasteiger partial charge on any atom is 0.0616 e. The van der Waals surface area contributed by atoms with E-state index in [9.17, 15) is 0 Å². The maximum absolute atomic E-state index is 2.56. The SMILES string of the molecule is CCCC[Si](CCCC)(CCCC)C1c2ccccc2C2CCCCC21. The molecule has 0 N–H and O–H groups in total. The summed E-state index contributed by atoms with van der Waals surface area (Å²) < 4.78 is 0. The molecular formula is C25H42Si. The van der Waals surface area contributed by atoms with Gasteiger partial charge in [0.05, 0.1) is 8.07 Å². The first-order valence-electron chi connectivity index (χ1n) is 11.9. The highest BCUT2D eigenvalue weighted by Crippen LogP contribution is 2.59. The molecule has 0 spiro atoms. The molecule has 3 rings (SSSR count). The van der Waals surface area contributed by atoms with Crippen LogP contribution in [0, 0.1) is 5.92 Å². The largest absolute Gasteiger partial charge is 0.0654 e. The summed E-state index contributed by atoms with van der Waals surface area (Å²) >= 11 is 0. The molecule has 0 heterocycles. The van der Waals surface area contributed by atoms with Gasteiger partial charge in [-0.1, -0.05) is 115 Å². The van der Waals surface area contributed by atoms with E-state index in [1.165, 1.54) is 64.2 Å². The van der Waals surface area contributed by atoms with E-state index >= 15 is 0 Å². The van der Waals surface area contributed by atoms with Gasteiger partial charge in [0.1, 0.15) is 0 Å². The Labute approximate surface area is 164 Å².